The predicted octanol–water partition coefficient (Wildman–Crippen LogP) is 2.24. The third kappa shape index (κ3) is 3.99. The molecule has 2 rings (SSSR count). The van der Waals surface area contributed by atoms with E-state index in [0.717, 1.165) is 32.5 Å². The lowest BCUT2D eigenvalue weighted by Gasteiger charge is -2.35. The fourth-order valence-electron chi connectivity index (χ4n) is 3.13. The van der Waals surface area contributed by atoms with Crippen LogP contribution in [0.4, 0.5) is 8.78 Å². The van der Waals surface area contributed by atoms with Crippen molar-refractivity contribution in [3.8, 4) is 0 Å². The first-order valence-corrected chi connectivity index (χ1v) is 7.55. The van der Waals surface area contributed by atoms with Crippen molar-refractivity contribution in [3.05, 3.63) is 35.4 Å². The second-order valence-corrected chi connectivity index (χ2v) is 6.07. The number of likely N-dealkylation sites (tertiary alicyclic amines) is 1. The molecule has 1 aliphatic rings. The van der Waals surface area contributed by atoms with E-state index in [1.54, 1.807) is 0 Å². The van der Waals surface area contributed by atoms with Crippen molar-refractivity contribution in [1.29, 1.82) is 0 Å². The molecule has 1 fully saturated rings. The highest BCUT2D eigenvalue weighted by molar-refractivity contribution is 5.23. The molecule has 0 bridgehead atoms. The molecule has 0 saturated carbocycles. The maximum Gasteiger partial charge on any atom is 0.130 e. The molecule has 0 aliphatic carbocycles. The lowest BCUT2D eigenvalue weighted by molar-refractivity contribution is 0.148. The molecule has 1 aromatic rings. The summed E-state index contributed by atoms with van der Waals surface area (Å²) >= 11 is 0. The van der Waals surface area contributed by atoms with E-state index in [2.05, 4.69) is 11.9 Å². The zero-order valence-electron chi connectivity index (χ0n) is 12.9. The Balaban J connectivity index is 2.06. The maximum absolute atomic E-state index is 13.9. The number of hydrogen-bond donors (Lipinski definition) is 1. The summed E-state index contributed by atoms with van der Waals surface area (Å²) in [4.78, 5) is 4.31. The normalized spacial score (nSPS) is 19.1. The van der Waals surface area contributed by atoms with E-state index in [0.29, 0.717) is 5.92 Å². The molecule has 118 valence electrons. The number of rotatable bonds is 5. The third-order valence-corrected chi connectivity index (χ3v) is 4.47. The molecule has 1 aliphatic heterocycles. The summed E-state index contributed by atoms with van der Waals surface area (Å²) in [6.45, 7) is 3.20. The monoisotopic (exact) mass is 297 g/mol. The number of hydrogen-bond acceptors (Lipinski definition) is 3. The molecule has 1 saturated heterocycles. The first kappa shape index (κ1) is 16.3. The summed E-state index contributed by atoms with van der Waals surface area (Å²) < 4.78 is 27.9. The Kier molecular flexibility index (Phi) is 5.67. The predicted molar refractivity (Wildman–Crippen MR) is 81.0 cm³/mol. The van der Waals surface area contributed by atoms with Gasteiger partial charge in [-0.3, -0.25) is 4.90 Å². The largest absolute Gasteiger partial charge is 0.329 e. The van der Waals surface area contributed by atoms with E-state index in [-0.39, 0.29) is 12.1 Å². The van der Waals surface area contributed by atoms with Crippen LogP contribution in [-0.4, -0.2) is 50.1 Å². The van der Waals surface area contributed by atoms with E-state index < -0.39 is 17.7 Å². The van der Waals surface area contributed by atoms with Gasteiger partial charge in [0.15, 0.2) is 0 Å². The highest BCUT2D eigenvalue weighted by Gasteiger charge is 2.26. The van der Waals surface area contributed by atoms with Crippen molar-refractivity contribution in [2.75, 3.05) is 40.3 Å². The minimum atomic E-state index is -0.513. The number of benzene rings is 1. The number of halogens is 2. The van der Waals surface area contributed by atoms with E-state index in [1.807, 2.05) is 11.9 Å². The molecular formula is C16H25F2N3. The fourth-order valence-corrected chi connectivity index (χ4v) is 3.13. The van der Waals surface area contributed by atoms with Crippen LogP contribution in [0.3, 0.4) is 0 Å². The van der Waals surface area contributed by atoms with Crippen molar-refractivity contribution in [1.82, 2.24) is 9.80 Å². The van der Waals surface area contributed by atoms with Gasteiger partial charge in [-0.15, -0.1) is 0 Å². The summed E-state index contributed by atoms with van der Waals surface area (Å²) in [7, 11) is 4.03. The van der Waals surface area contributed by atoms with Gasteiger partial charge in [-0.05, 0) is 58.1 Å². The Morgan fingerprint density at radius 3 is 2.38 bits per heavy atom. The molecule has 3 nitrogen and oxygen atoms in total. The van der Waals surface area contributed by atoms with Gasteiger partial charge in [0, 0.05) is 18.7 Å². The van der Waals surface area contributed by atoms with Crippen LogP contribution in [0, 0.1) is 17.6 Å². The molecule has 1 aromatic carbocycles. The third-order valence-electron chi connectivity index (χ3n) is 4.47. The first-order valence-electron chi connectivity index (χ1n) is 7.55. The molecule has 21 heavy (non-hydrogen) atoms. The topological polar surface area (TPSA) is 32.5 Å². The molecule has 1 atom stereocenters. The minimum absolute atomic E-state index is 0.0930. The molecule has 5 heteroatoms. The van der Waals surface area contributed by atoms with E-state index in [1.165, 1.54) is 18.2 Å². The van der Waals surface area contributed by atoms with Crippen molar-refractivity contribution < 1.29 is 8.78 Å². The summed E-state index contributed by atoms with van der Waals surface area (Å²) in [5.74, 6) is -0.462. The van der Waals surface area contributed by atoms with E-state index in [4.69, 9.17) is 5.73 Å². The highest BCUT2D eigenvalue weighted by Crippen LogP contribution is 2.27. The van der Waals surface area contributed by atoms with Crippen molar-refractivity contribution in [3.63, 3.8) is 0 Å². The van der Waals surface area contributed by atoms with E-state index >= 15 is 0 Å². The average Bonchev–Trinajstić information content (AvgIpc) is 2.45. The molecule has 0 spiro atoms. The van der Waals surface area contributed by atoms with E-state index in [9.17, 15) is 8.78 Å². The van der Waals surface area contributed by atoms with Gasteiger partial charge in [-0.1, -0.05) is 6.07 Å². The zero-order chi connectivity index (χ0) is 15.4. The molecule has 1 heterocycles. The summed E-state index contributed by atoms with van der Waals surface area (Å²) in [5.41, 5.74) is 5.88. The Morgan fingerprint density at radius 2 is 1.86 bits per heavy atom. The standard InChI is InChI=1S/C16H25F2N3/c1-20-8-6-12(7-9-20)11-21(2)15(10-19)16-13(17)4-3-5-14(16)18/h3-5,12,15H,6-11,19H2,1-2H3. The van der Waals surface area contributed by atoms with Crippen LogP contribution in [0.15, 0.2) is 18.2 Å². The second-order valence-electron chi connectivity index (χ2n) is 6.07. The highest BCUT2D eigenvalue weighted by atomic mass is 19.1. The van der Waals surface area contributed by atoms with Crippen LogP contribution in [-0.2, 0) is 0 Å². The maximum atomic E-state index is 13.9. The quantitative estimate of drug-likeness (QED) is 0.904. The first-order chi connectivity index (χ1) is 10.0. The average molecular weight is 297 g/mol. The van der Waals surface area contributed by atoms with Crippen molar-refractivity contribution >= 4 is 0 Å². The van der Waals surface area contributed by atoms with Crippen LogP contribution < -0.4 is 5.73 Å². The molecule has 0 aromatic heterocycles. The van der Waals surface area contributed by atoms with Gasteiger partial charge < -0.3 is 10.6 Å². The summed E-state index contributed by atoms with van der Waals surface area (Å²) in [5, 5.41) is 0. The lowest BCUT2D eigenvalue weighted by atomic mass is 9.95. The number of nitrogens with two attached hydrogens (primary N) is 1. The molecule has 0 amide bonds. The minimum Gasteiger partial charge on any atom is -0.329 e. The van der Waals surface area contributed by atoms with Crippen LogP contribution >= 0.6 is 0 Å². The smallest absolute Gasteiger partial charge is 0.130 e. The molecule has 2 N–H and O–H groups in total. The Labute approximate surface area is 125 Å². The van der Waals surface area contributed by atoms with Gasteiger partial charge in [-0.2, -0.15) is 0 Å². The molecule has 0 radical (unpaired) electrons. The van der Waals surface area contributed by atoms with Gasteiger partial charge in [-0.25, -0.2) is 8.78 Å². The Hall–Kier alpha value is -1.04. The fraction of sp³-hybridized carbons (Fsp3) is 0.625. The number of likely N-dealkylation sites (N-methyl/N-ethyl adjacent to an activating group) is 1. The SMILES string of the molecule is CN1CCC(CN(C)C(CN)c2c(F)cccc2F)CC1. The van der Waals surface area contributed by atoms with Crippen LogP contribution in [0.1, 0.15) is 24.4 Å². The summed E-state index contributed by atoms with van der Waals surface area (Å²) in [6, 6.07) is 3.57. The second kappa shape index (κ2) is 7.29. The van der Waals surface area contributed by atoms with Crippen LogP contribution in [0.2, 0.25) is 0 Å². The van der Waals surface area contributed by atoms with Crippen LogP contribution in [0.5, 0.6) is 0 Å². The van der Waals surface area contributed by atoms with Crippen molar-refractivity contribution in [2.24, 2.45) is 11.7 Å². The number of piperidine rings is 1. The molecule has 1 unspecified atom stereocenters. The number of nitrogens with zero attached hydrogens (tertiary/aromatic N) is 2. The van der Waals surface area contributed by atoms with Gasteiger partial charge in [0.05, 0.1) is 6.04 Å². The zero-order valence-corrected chi connectivity index (χ0v) is 12.9. The molecular weight excluding hydrogens is 272 g/mol. The van der Waals surface area contributed by atoms with Crippen LogP contribution in [0.25, 0.3) is 0 Å². The van der Waals surface area contributed by atoms with Gasteiger partial charge in [0.1, 0.15) is 11.6 Å². The van der Waals surface area contributed by atoms with Crippen molar-refractivity contribution in [2.45, 2.75) is 18.9 Å². The van der Waals surface area contributed by atoms with Gasteiger partial charge in [0.2, 0.25) is 0 Å². The Bertz CT molecular complexity index is 439. The summed E-state index contributed by atoms with van der Waals surface area (Å²) in [6.07, 6.45) is 2.25. The lowest BCUT2D eigenvalue weighted by Crippen LogP contribution is -2.39. The van der Waals surface area contributed by atoms with Gasteiger partial charge in [0.25, 0.3) is 0 Å². The van der Waals surface area contributed by atoms with Gasteiger partial charge >= 0.3 is 0 Å². The Morgan fingerprint density at radius 1 is 1.29 bits per heavy atom.